The fourth-order valence-corrected chi connectivity index (χ4v) is 5.64. The van der Waals surface area contributed by atoms with Crippen molar-refractivity contribution in [1.29, 1.82) is 0 Å². The molecule has 1 aliphatic carbocycles. The van der Waals surface area contributed by atoms with Crippen molar-refractivity contribution in [2.24, 2.45) is 7.05 Å². The number of amides is 1. The van der Waals surface area contributed by atoms with Crippen molar-refractivity contribution in [2.45, 2.75) is 36.2 Å². The Morgan fingerprint density at radius 3 is 2.82 bits per heavy atom. The summed E-state index contributed by atoms with van der Waals surface area (Å²) < 4.78 is 27.7. The van der Waals surface area contributed by atoms with E-state index in [2.05, 4.69) is 10.3 Å². The first kappa shape index (κ1) is 19.0. The van der Waals surface area contributed by atoms with Gasteiger partial charge in [0.1, 0.15) is 0 Å². The summed E-state index contributed by atoms with van der Waals surface area (Å²) in [5.41, 5.74) is 1.14. The van der Waals surface area contributed by atoms with Gasteiger partial charge in [-0.25, -0.2) is 13.4 Å². The molecule has 28 heavy (non-hydrogen) atoms. The molecule has 0 bridgehead atoms. The third-order valence-corrected chi connectivity index (χ3v) is 7.52. The van der Waals surface area contributed by atoms with E-state index in [1.54, 1.807) is 25.3 Å². The summed E-state index contributed by atoms with van der Waals surface area (Å²) in [6.07, 6.45) is 6.83. The smallest absolute Gasteiger partial charge is 0.223 e. The lowest BCUT2D eigenvalue weighted by atomic mass is 9.71. The van der Waals surface area contributed by atoms with Crippen molar-refractivity contribution in [3.63, 3.8) is 0 Å². The highest BCUT2D eigenvalue weighted by molar-refractivity contribution is 7.95. The van der Waals surface area contributed by atoms with Crippen LogP contribution in [0.25, 0.3) is 0 Å². The number of imidazole rings is 1. The van der Waals surface area contributed by atoms with Crippen LogP contribution < -0.4 is 5.32 Å². The number of halogens is 1. The summed E-state index contributed by atoms with van der Waals surface area (Å²) >= 11 is 6.16. The van der Waals surface area contributed by atoms with Crippen LogP contribution in [0.3, 0.4) is 0 Å². The highest BCUT2D eigenvalue weighted by atomic mass is 35.5. The SMILES string of the molecule is Cn1cncc1S(=O)(=O)C1=CCC2(C)NC(=O)CC(c3cccc(Cl)c3)C2=C1. The Kier molecular flexibility index (Phi) is 4.47. The fourth-order valence-electron chi connectivity index (χ4n) is 3.99. The van der Waals surface area contributed by atoms with Crippen LogP contribution in [-0.2, 0) is 21.7 Å². The van der Waals surface area contributed by atoms with Gasteiger partial charge in [-0.2, -0.15) is 0 Å². The summed E-state index contributed by atoms with van der Waals surface area (Å²) in [4.78, 5) is 16.5. The molecule has 1 N–H and O–H groups in total. The number of nitrogens with zero attached hydrogens (tertiary/aromatic N) is 2. The fraction of sp³-hybridized carbons (Fsp3) is 0.300. The zero-order chi connectivity index (χ0) is 20.1. The van der Waals surface area contributed by atoms with Gasteiger partial charge < -0.3 is 9.88 Å². The highest BCUT2D eigenvalue weighted by Crippen LogP contribution is 2.44. The number of aromatic nitrogens is 2. The molecule has 1 aromatic carbocycles. The molecule has 2 aromatic rings. The number of rotatable bonds is 3. The average Bonchev–Trinajstić information content (AvgIpc) is 3.06. The first-order valence-electron chi connectivity index (χ1n) is 8.91. The minimum absolute atomic E-state index is 0.0593. The van der Waals surface area contributed by atoms with Crippen LogP contribution in [0.5, 0.6) is 0 Å². The second-order valence-electron chi connectivity index (χ2n) is 7.45. The number of benzene rings is 1. The number of nitrogens with one attached hydrogen (secondary N) is 1. The van der Waals surface area contributed by atoms with Crippen molar-refractivity contribution in [1.82, 2.24) is 14.9 Å². The second kappa shape index (κ2) is 6.60. The molecular formula is C20H20ClN3O3S. The number of fused-ring (bicyclic) bond motifs is 1. The summed E-state index contributed by atoms with van der Waals surface area (Å²) in [7, 11) is -2.06. The molecule has 8 heteroatoms. The van der Waals surface area contributed by atoms with E-state index in [9.17, 15) is 13.2 Å². The molecule has 1 aromatic heterocycles. The maximum Gasteiger partial charge on any atom is 0.223 e. The van der Waals surface area contributed by atoms with Crippen LogP contribution >= 0.6 is 11.6 Å². The second-order valence-corrected chi connectivity index (χ2v) is 9.78. The third kappa shape index (κ3) is 3.08. The Morgan fingerprint density at radius 1 is 1.36 bits per heavy atom. The van der Waals surface area contributed by atoms with Crippen LogP contribution in [0.2, 0.25) is 5.02 Å². The van der Waals surface area contributed by atoms with E-state index in [1.165, 1.54) is 17.1 Å². The van der Waals surface area contributed by atoms with E-state index in [-0.39, 0.29) is 28.2 Å². The van der Waals surface area contributed by atoms with E-state index >= 15 is 0 Å². The predicted octanol–water partition coefficient (Wildman–Crippen LogP) is 3.12. The van der Waals surface area contributed by atoms with Gasteiger partial charge >= 0.3 is 0 Å². The van der Waals surface area contributed by atoms with Gasteiger partial charge in [0.15, 0.2) is 5.03 Å². The van der Waals surface area contributed by atoms with E-state index < -0.39 is 15.4 Å². The standard InChI is InChI=1S/C20H20ClN3O3S/c1-20-7-6-15(28(26,27)19-11-22-12-24(19)2)9-17(20)16(10-18(25)23-20)13-4-3-5-14(21)8-13/h3-6,8-9,11-12,16H,7,10H2,1-2H3,(H,23,25). The molecule has 1 fully saturated rings. The zero-order valence-electron chi connectivity index (χ0n) is 15.5. The lowest BCUT2D eigenvalue weighted by Gasteiger charge is -2.43. The Balaban J connectivity index is 1.82. The molecular weight excluding hydrogens is 398 g/mol. The number of sulfone groups is 1. The first-order valence-corrected chi connectivity index (χ1v) is 10.8. The lowest BCUT2D eigenvalue weighted by molar-refractivity contribution is -0.124. The van der Waals surface area contributed by atoms with Crippen molar-refractivity contribution >= 4 is 27.3 Å². The average molecular weight is 418 g/mol. The number of allylic oxidation sites excluding steroid dienone is 1. The van der Waals surface area contributed by atoms with Gasteiger partial charge in [0.05, 0.1) is 23.0 Å². The van der Waals surface area contributed by atoms with Crippen LogP contribution in [-0.4, -0.2) is 29.4 Å². The normalized spacial score (nSPS) is 24.8. The first-order chi connectivity index (χ1) is 13.2. The molecule has 6 nitrogen and oxygen atoms in total. The largest absolute Gasteiger partial charge is 0.347 e. The van der Waals surface area contributed by atoms with Crippen LogP contribution in [0.1, 0.15) is 31.2 Å². The van der Waals surface area contributed by atoms with Gasteiger partial charge in [0.25, 0.3) is 0 Å². The molecule has 0 spiro atoms. The Labute approximate surface area is 168 Å². The van der Waals surface area contributed by atoms with Gasteiger partial charge in [0.2, 0.25) is 15.7 Å². The van der Waals surface area contributed by atoms with E-state index in [1.807, 2.05) is 25.1 Å². The van der Waals surface area contributed by atoms with Gasteiger partial charge in [-0.1, -0.05) is 29.8 Å². The number of carbonyl (C=O) groups is 1. The summed E-state index contributed by atoms with van der Waals surface area (Å²) in [5, 5.41) is 3.75. The van der Waals surface area contributed by atoms with Gasteiger partial charge in [0, 0.05) is 24.4 Å². The molecule has 2 unspecified atom stereocenters. The van der Waals surface area contributed by atoms with E-state index in [4.69, 9.17) is 11.6 Å². The minimum Gasteiger partial charge on any atom is -0.347 e. The third-order valence-electron chi connectivity index (χ3n) is 5.44. The lowest BCUT2D eigenvalue weighted by Crippen LogP contribution is -2.53. The molecule has 4 rings (SSSR count). The van der Waals surface area contributed by atoms with Gasteiger partial charge in [-0.05, 0) is 42.7 Å². The van der Waals surface area contributed by atoms with Crippen molar-refractivity contribution in [3.05, 3.63) is 70.0 Å². The molecule has 2 atom stereocenters. The number of hydrogen-bond donors (Lipinski definition) is 1. The predicted molar refractivity (Wildman–Crippen MR) is 107 cm³/mol. The number of hydrogen-bond acceptors (Lipinski definition) is 4. The highest BCUT2D eigenvalue weighted by Gasteiger charge is 2.43. The Bertz CT molecular complexity index is 1130. The molecule has 0 saturated carbocycles. The van der Waals surface area contributed by atoms with Crippen LogP contribution in [0.15, 0.2) is 64.4 Å². The molecule has 2 heterocycles. The molecule has 2 aliphatic rings. The molecule has 1 amide bonds. The summed E-state index contributed by atoms with van der Waals surface area (Å²) in [6, 6.07) is 7.37. The number of piperidine rings is 1. The van der Waals surface area contributed by atoms with Crippen molar-refractivity contribution in [2.75, 3.05) is 0 Å². The Morgan fingerprint density at radius 2 is 2.14 bits per heavy atom. The van der Waals surface area contributed by atoms with Gasteiger partial charge in [-0.15, -0.1) is 0 Å². The molecule has 146 valence electrons. The monoisotopic (exact) mass is 417 g/mol. The van der Waals surface area contributed by atoms with E-state index in [0.29, 0.717) is 11.4 Å². The van der Waals surface area contributed by atoms with Crippen molar-refractivity contribution in [3.8, 4) is 0 Å². The summed E-state index contributed by atoms with van der Waals surface area (Å²) in [6.45, 7) is 1.93. The topological polar surface area (TPSA) is 81.1 Å². The zero-order valence-corrected chi connectivity index (χ0v) is 17.1. The Hall–Kier alpha value is -2.38. The van der Waals surface area contributed by atoms with Crippen LogP contribution in [0, 0.1) is 0 Å². The molecule has 0 radical (unpaired) electrons. The molecule has 1 aliphatic heterocycles. The quantitative estimate of drug-likeness (QED) is 0.831. The van der Waals surface area contributed by atoms with E-state index in [0.717, 1.165) is 11.1 Å². The number of aryl methyl sites for hydroxylation is 1. The maximum atomic E-state index is 13.1. The summed E-state index contributed by atoms with van der Waals surface area (Å²) in [5.74, 6) is -0.293. The van der Waals surface area contributed by atoms with Crippen LogP contribution in [0.4, 0.5) is 0 Å². The number of carbonyl (C=O) groups excluding carboxylic acids is 1. The maximum absolute atomic E-state index is 13.1. The molecule has 1 saturated heterocycles. The van der Waals surface area contributed by atoms with Crippen molar-refractivity contribution < 1.29 is 13.2 Å². The van der Waals surface area contributed by atoms with Gasteiger partial charge in [-0.3, -0.25) is 4.79 Å². The minimum atomic E-state index is -3.71.